The predicted molar refractivity (Wildman–Crippen MR) is 97.9 cm³/mol. The molecule has 2 heterocycles. The van der Waals surface area contributed by atoms with Crippen molar-refractivity contribution in [2.24, 2.45) is 0 Å². The van der Waals surface area contributed by atoms with Crippen LogP contribution in [0.2, 0.25) is 0 Å². The Morgan fingerprint density at radius 1 is 1.31 bits per heavy atom. The van der Waals surface area contributed by atoms with E-state index in [4.69, 9.17) is 9.47 Å². The van der Waals surface area contributed by atoms with E-state index in [0.717, 1.165) is 29.8 Å². The number of amides is 1. The summed E-state index contributed by atoms with van der Waals surface area (Å²) in [5.74, 6) is 0.0557. The Hall–Kier alpha value is -2.31. The van der Waals surface area contributed by atoms with E-state index < -0.39 is 0 Å². The Labute approximate surface area is 154 Å². The van der Waals surface area contributed by atoms with Crippen molar-refractivity contribution in [2.75, 3.05) is 26.8 Å². The SMILES string of the molecule is COCc1ccc(C(=O)N2CCOC(CCc3cc(C)ncn3)C2)cc1. The van der Waals surface area contributed by atoms with E-state index in [-0.39, 0.29) is 12.0 Å². The maximum atomic E-state index is 12.8. The second kappa shape index (κ2) is 8.87. The molecule has 1 aliphatic rings. The molecule has 3 rings (SSSR count). The van der Waals surface area contributed by atoms with Gasteiger partial charge in [0, 0.05) is 37.2 Å². The van der Waals surface area contributed by atoms with Gasteiger partial charge in [0.1, 0.15) is 6.33 Å². The Balaban J connectivity index is 1.56. The van der Waals surface area contributed by atoms with E-state index in [1.54, 1.807) is 13.4 Å². The molecule has 0 N–H and O–H groups in total. The Morgan fingerprint density at radius 3 is 2.85 bits per heavy atom. The lowest BCUT2D eigenvalue weighted by molar-refractivity contribution is -0.0247. The minimum atomic E-state index is 0.0377. The molecule has 1 unspecified atom stereocenters. The van der Waals surface area contributed by atoms with Gasteiger partial charge in [-0.15, -0.1) is 0 Å². The van der Waals surface area contributed by atoms with E-state index >= 15 is 0 Å². The molecule has 1 aliphatic heterocycles. The fourth-order valence-electron chi connectivity index (χ4n) is 3.13. The van der Waals surface area contributed by atoms with Crippen LogP contribution in [0, 0.1) is 6.92 Å². The molecule has 26 heavy (non-hydrogen) atoms. The van der Waals surface area contributed by atoms with Crippen molar-refractivity contribution in [1.29, 1.82) is 0 Å². The monoisotopic (exact) mass is 355 g/mol. The number of nitrogens with zero attached hydrogens (tertiary/aromatic N) is 3. The van der Waals surface area contributed by atoms with Crippen LogP contribution >= 0.6 is 0 Å². The number of rotatable bonds is 6. The van der Waals surface area contributed by atoms with Crippen molar-refractivity contribution in [2.45, 2.75) is 32.5 Å². The molecule has 0 bridgehead atoms. The summed E-state index contributed by atoms with van der Waals surface area (Å²) in [6, 6.07) is 9.60. The molecule has 1 amide bonds. The summed E-state index contributed by atoms with van der Waals surface area (Å²) in [5.41, 5.74) is 3.74. The van der Waals surface area contributed by atoms with Crippen LogP contribution < -0.4 is 0 Å². The summed E-state index contributed by atoms with van der Waals surface area (Å²) in [4.78, 5) is 23.0. The van der Waals surface area contributed by atoms with Gasteiger partial charge in [0.25, 0.3) is 5.91 Å². The highest BCUT2D eigenvalue weighted by Gasteiger charge is 2.25. The zero-order chi connectivity index (χ0) is 18.4. The van der Waals surface area contributed by atoms with Crippen molar-refractivity contribution < 1.29 is 14.3 Å². The van der Waals surface area contributed by atoms with Gasteiger partial charge in [-0.25, -0.2) is 9.97 Å². The first kappa shape index (κ1) is 18.5. The van der Waals surface area contributed by atoms with Crippen LogP contribution in [0.5, 0.6) is 0 Å². The Kier molecular flexibility index (Phi) is 6.30. The van der Waals surface area contributed by atoms with Gasteiger partial charge in [0.15, 0.2) is 0 Å². The number of aromatic nitrogens is 2. The highest BCUT2D eigenvalue weighted by atomic mass is 16.5. The number of ether oxygens (including phenoxy) is 2. The van der Waals surface area contributed by atoms with Gasteiger partial charge in [-0.05, 0) is 43.5 Å². The quantitative estimate of drug-likeness (QED) is 0.796. The number of carbonyl (C=O) groups excluding carboxylic acids is 1. The highest BCUT2D eigenvalue weighted by Crippen LogP contribution is 2.15. The largest absolute Gasteiger partial charge is 0.380 e. The second-order valence-corrected chi connectivity index (χ2v) is 6.56. The van der Waals surface area contributed by atoms with Gasteiger partial charge in [-0.2, -0.15) is 0 Å². The van der Waals surface area contributed by atoms with E-state index in [2.05, 4.69) is 9.97 Å². The van der Waals surface area contributed by atoms with E-state index in [9.17, 15) is 4.79 Å². The van der Waals surface area contributed by atoms with Gasteiger partial charge in [0.05, 0.1) is 19.3 Å². The van der Waals surface area contributed by atoms with Crippen molar-refractivity contribution >= 4 is 5.91 Å². The van der Waals surface area contributed by atoms with Gasteiger partial charge >= 0.3 is 0 Å². The normalized spacial score (nSPS) is 17.3. The average Bonchev–Trinajstić information content (AvgIpc) is 2.67. The lowest BCUT2D eigenvalue weighted by Crippen LogP contribution is -2.45. The first-order chi connectivity index (χ1) is 12.7. The number of hydrogen-bond acceptors (Lipinski definition) is 5. The molecule has 1 saturated heterocycles. The molecule has 1 aromatic carbocycles. The Bertz CT molecular complexity index is 733. The minimum Gasteiger partial charge on any atom is -0.380 e. The number of aryl methyl sites for hydroxylation is 2. The summed E-state index contributed by atoms with van der Waals surface area (Å²) in [7, 11) is 1.66. The van der Waals surface area contributed by atoms with Crippen LogP contribution in [0.4, 0.5) is 0 Å². The zero-order valence-corrected chi connectivity index (χ0v) is 15.4. The third-order valence-electron chi connectivity index (χ3n) is 4.52. The van der Waals surface area contributed by atoms with E-state index in [1.807, 2.05) is 42.2 Å². The summed E-state index contributed by atoms with van der Waals surface area (Å²) in [6.07, 6.45) is 3.29. The van der Waals surface area contributed by atoms with Gasteiger partial charge in [-0.3, -0.25) is 4.79 Å². The molecule has 1 atom stereocenters. The average molecular weight is 355 g/mol. The molecule has 1 aromatic heterocycles. The molecule has 6 heteroatoms. The molecule has 1 fully saturated rings. The Morgan fingerprint density at radius 2 is 2.12 bits per heavy atom. The molecule has 6 nitrogen and oxygen atoms in total. The predicted octanol–water partition coefficient (Wildman–Crippen LogP) is 2.41. The smallest absolute Gasteiger partial charge is 0.254 e. The molecule has 0 radical (unpaired) electrons. The lowest BCUT2D eigenvalue weighted by Gasteiger charge is -2.33. The van der Waals surface area contributed by atoms with E-state index in [0.29, 0.717) is 31.9 Å². The third kappa shape index (κ3) is 4.86. The van der Waals surface area contributed by atoms with Crippen molar-refractivity contribution in [3.05, 3.63) is 59.2 Å². The standard InChI is InChI=1S/C20H25N3O3/c1-15-11-18(22-14-21-15)7-8-19-12-23(9-10-26-19)20(24)17-5-3-16(4-6-17)13-25-2/h3-6,11,14,19H,7-10,12-13H2,1-2H3. The lowest BCUT2D eigenvalue weighted by atomic mass is 10.1. The molecule has 0 spiro atoms. The van der Waals surface area contributed by atoms with Crippen LogP contribution in [0.15, 0.2) is 36.7 Å². The van der Waals surface area contributed by atoms with Crippen molar-refractivity contribution in [3.8, 4) is 0 Å². The highest BCUT2D eigenvalue weighted by molar-refractivity contribution is 5.94. The summed E-state index contributed by atoms with van der Waals surface area (Å²) >= 11 is 0. The minimum absolute atomic E-state index is 0.0377. The molecular formula is C20H25N3O3. The van der Waals surface area contributed by atoms with Crippen LogP contribution in [0.25, 0.3) is 0 Å². The number of morpholine rings is 1. The summed E-state index contributed by atoms with van der Waals surface area (Å²) in [5, 5.41) is 0. The van der Waals surface area contributed by atoms with Crippen molar-refractivity contribution in [1.82, 2.24) is 14.9 Å². The first-order valence-corrected chi connectivity index (χ1v) is 8.92. The first-order valence-electron chi connectivity index (χ1n) is 8.92. The fourth-order valence-corrected chi connectivity index (χ4v) is 3.13. The third-order valence-corrected chi connectivity index (χ3v) is 4.52. The molecular weight excluding hydrogens is 330 g/mol. The van der Waals surface area contributed by atoms with Crippen LogP contribution in [0.3, 0.4) is 0 Å². The van der Waals surface area contributed by atoms with Crippen LogP contribution in [-0.4, -0.2) is 53.7 Å². The summed E-state index contributed by atoms with van der Waals surface area (Å²) < 4.78 is 11.0. The number of hydrogen-bond donors (Lipinski definition) is 0. The van der Waals surface area contributed by atoms with Crippen molar-refractivity contribution in [3.63, 3.8) is 0 Å². The van der Waals surface area contributed by atoms with Gasteiger partial charge < -0.3 is 14.4 Å². The topological polar surface area (TPSA) is 64.5 Å². The zero-order valence-electron chi connectivity index (χ0n) is 15.4. The molecule has 2 aromatic rings. The molecule has 0 aliphatic carbocycles. The van der Waals surface area contributed by atoms with Gasteiger partial charge in [-0.1, -0.05) is 12.1 Å². The number of benzene rings is 1. The molecule has 0 saturated carbocycles. The summed E-state index contributed by atoms with van der Waals surface area (Å²) in [6.45, 7) is 4.32. The van der Waals surface area contributed by atoms with Gasteiger partial charge in [0.2, 0.25) is 0 Å². The maximum absolute atomic E-state index is 12.8. The van der Waals surface area contributed by atoms with Crippen LogP contribution in [-0.2, 0) is 22.5 Å². The number of methoxy groups -OCH3 is 1. The fraction of sp³-hybridized carbons (Fsp3) is 0.450. The maximum Gasteiger partial charge on any atom is 0.254 e. The number of carbonyl (C=O) groups is 1. The van der Waals surface area contributed by atoms with E-state index in [1.165, 1.54) is 0 Å². The second-order valence-electron chi connectivity index (χ2n) is 6.56. The molecule has 138 valence electrons. The van der Waals surface area contributed by atoms with Crippen LogP contribution in [0.1, 0.15) is 33.7 Å².